The van der Waals surface area contributed by atoms with Crippen molar-refractivity contribution in [2.24, 2.45) is 11.3 Å². The third kappa shape index (κ3) is 2.77. The van der Waals surface area contributed by atoms with Gasteiger partial charge >= 0.3 is 0 Å². The molecule has 0 N–H and O–H groups in total. The molecule has 1 saturated carbocycles. The molecule has 2 fully saturated rings. The molecule has 1 aromatic carbocycles. The maximum atomic E-state index is 2.54. The van der Waals surface area contributed by atoms with E-state index in [1.165, 1.54) is 74.9 Å². The SMILES string of the molecule is C1=C(C2CSCC23CCCCCCCC3)Cc2ccccc21. The Morgan fingerprint density at radius 3 is 2.41 bits per heavy atom. The van der Waals surface area contributed by atoms with Gasteiger partial charge in [0.2, 0.25) is 0 Å². The van der Waals surface area contributed by atoms with Crippen molar-refractivity contribution in [2.75, 3.05) is 11.5 Å². The molecule has 0 aromatic heterocycles. The Bertz CT molecular complexity index is 547. The first-order valence-corrected chi connectivity index (χ1v) is 10.4. The van der Waals surface area contributed by atoms with E-state index >= 15 is 0 Å². The van der Waals surface area contributed by atoms with Gasteiger partial charge in [0.1, 0.15) is 0 Å². The highest BCUT2D eigenvalue weighted by atomic mass is 32.2. The second kappa shape index (κ2) is 6.43. The molecule has 1 heteroatoms. The maximum absolute atomic E-state index is 2.54. The average molecular weight is 313 g/mol. The molecule has 118 valence electrons. The van der Waals surface area contributed by atoms with Crippen molar-refractivity contribution in [2.45, 2.75) is 57.8 Å². The largest absolute Gasteiger partial charge is 0.161 e. The van der Waals surface area contributed by atoms with Crippen LogP contribution < -0.4 is 0 Å². The van der Waals surface area contributed by atoms with E-state index in [1.54, 1.807) is 11.1 Å². The van der Waals surface area contributed by atoms with Crippen LogP contribution in [0.2, 0.25) is 0 Å². The molecular weight excluding hydrogens is 284 g/mol. The summed E-state index contributed by atoms with van der Waals surface area (Å²) in [6.45, 7) is 0. The van der Waals surface area contributed by atoms with Gasteiger partial charge in [-0.1, -0.05) is 74.4 Å². The Labute approximate surface area is 139 Å². The van der Waals surface area contributed by atoms with Gasteiger partial charge in [-0.2, -0.15) is 11.8 Å². The molecule has 0 bridgehead atoms. The molecule has 1 aromatic rings. The molecule has 22 heavy (non-hydrogen) atoms. The molecule has 1 unspecified atom stereocenters. The van der Waals surface area contributed by atoms with E-state index in [0.717, 1.165) is 5.92 Å². The van der Waals surface area contributed by atoms with Crippen LogP contribution in [0.25, 0.3) is 6.08 Å². The summed E-state index contributed by atoms with van der Waals surface area (Å²) >= 11 is 2.24. The van der Waals surface area contributed by atoms with Gasteiger partial charge < -0.3 is 0 Å². The number of thioether (sulfide) groups is 1. The van der Waals surface area contributed by atoms with Crippen molar-refractivity contribution in [3.63, 3.8) is 0 Å². The van der Waals surface area contributed by atoms with Gasteiger partial charge in [0.05, 0.1) is 0 Å². The van der Waals surface area contributed by atoms with Crippen molar-refractivity contribution >= 4 is 17.8 Å². The number of hydrogen-bond acceptors (Lipinski definition) is 1. The van der Waals surface area contributed by atoms with Crippen LogP contribution in [0.5, 0.6) is 0 Å². The van der Waals surface area contributed by atoms with Crippen LogP contribution in [0.4, 0.5) is 0 Å². The first-order valence-electron chi connectivity index (χ1n) is 9.24. The first kappa shape index (κ1) is 14.9. The zero-order valence-electron chi connectivity index (χ0n) is 13.7. The Balaban J connectivity index is 1.58. The van der Waals surface area contributed by atoms with Crippen LogP contribution in [0.1, 0.15) is 62.5 Å². The predicted octanol–water partition coefficient (Wildman–Crippen LogP) is 6.11. The lowest BCUT2D eigenvalue weighted by Crippen LogP contribution is -2.31. The fraction of sp³-hybridized carbons (Fsp3) is 0.619. The lowest BCUT2D eigenvalue weighted by molar-refractivity contribution is 0.207. The van der Waals surface area contributed by atoms with E-state index < -0.39 is 0 Å². The second-order valence-corrected chi connectivity index (χ2v) is 8.68. The van der Waals surface area contributed by atoms with E-state index in [0.29, 0.717) is 5.41 Å². The Kier molecular flexibility index (Phi) is 4.35. The number of benzene rings is 1. The molecule has 1 heterocycles. The van der Waals surface area contributed by atoms with Crippen LogP contribution in [0.15, 0.2) is 29.8 Å². The molecule has 3 aliphatic rings. The van der Waals surface area contributed by atoms with Crippen molar-refractivity contribution in [1.29, 1.82) is 0 Å². The fourth-order valence-corrected chi connectivity index (χ4v) is 6.78. The van der Waals surface area contributed by atoms with Crippen LogP contribution in [-0.4, -0.2) is 11.5 Å². The summed E-state index contributed by atoms with van der Waals surface area (Å²) in [4.78, 5) is 0. The minimum Gasteiger partial charge on any atom is -0.161 e. The van der Waals surface area contributed by atoms with Gasteiger partial charge in [0.25, 0.3) is 0 Å². The van der Waals surface area contributed by atoms with Gasteiger partial charge in [-0.05, 0) is 47.5 Å². The molecule has 0 nitrogen and oxygen atoms in total. The third-order valence-corrected chi connectivity index (χ3v) is 7.60. The van der Waals surface area contributed by atoms with E-state index in [2.05, 4.69) is 42.1 Å². The predicted molar refractivity (Wildman–Crippen MR) is 98.3 cm³/mol. The smallest absolute Gasteiger partial charge is 0.000431 e. The molecular formula is C21H28S. The minimum absolute atomic E-state index is 0.628. The lowest BCUT2D eigenvalue weighted by Gasteiger charge is -2.36. The number of rotatable bonds is 1. The van der Waals surface area contributed by atoms with E-state index in [9.17, 15) is 0 Å². The van der Waals surface area contributed by atoms with Gasteiger partial charge in [-0.25, -0.2) is 0 Å². The normalized spacial score (nSPS) is 27.8. The van der Waals surface area contributed by atoms with Crippen molar-refractivity contribution in [3.05, 3.63) is 41.0 Å². The molecule has 1 saturated heterocycles. The molecule has 2 aliphatic carbocycles. The van der Waals surface area contributed by atoms with Gasteiger partial charge in [-0.15, -0.1) is 0 Å². The number of hydrogen-bond donors (Lipinski definition) is 0. The first-order chi connectivity index (χ1) is 10.9. The molecule has 1 atom stereocenters. The summed E-state index contributed by atoms with van der Waals surface area (Å²) in [7, 11) is 0. The van der Waals surface area contributed by atoms with Gasteiger partial charge in [0, 0.05) is 5.75 Å². The summed E-state index contributed by atoms with van der Waals surface area (Å²) in [5, 5.41) is 0. The van der Waals surface area contributed by atoms with E-state index in [-0.39, 0.29) is 0 Å². The standard InChI is InChI=1S/C21H28S/c1-2-4-8-12-21(11-7-3-1)16-22-15-20(21)19-13-17-9-5-6-10-18(17)14-19/h5-6,9-10,13,20H,1-4,7-8,11-12,14-16H2. The molecule has 4 rings (SSSR count). The molecule has 1 spiro atoms. The Morgan fingerprint density at radius 1 is 0.909 bits per heavy atom. The second-order valence-electron chi connectivity index (χ2n) is 7.65. The topological polar surface area (TPSA) is 0 Å². The van der Waals surface area contributed by atoms with E-state index in [1.807, 2.05) is 0 Å². The highest BCUT2D eigenvalue weighted by molar-refractivity contribution is 7.99. The summed E-state index contributed by atoms with van der Waals surface area (Å²) in [6, 6.07) is 9.03. The van der Waals surface area contributed by atoms with Crippen LogP contribution in [-0.2, 0) is 6.42 Å². The zero-order chi connectivity index (χ0) is 14.8. The third-order valence-electron chi connectivity index (χ3n) is 6.25. The molecule has 0 amide bonds. The minimum atomic E-state index is 0.628. The summed E-state index contributed by atoms with van der Waals surface area (Å²) in [5.74, 6) is 3.65. The van der Waals surface area contributed by atoms with Crippen molar-refractivity contribution in [3.8, 4) is 0 Å². The average Bonchev–Trinajstić information content (AvgIpc) is 3.15. The highest BCUT2D eigenvalue weighted by Gasteiger charge is 2.44. The van der Waals surface area contributed by atoms with Crippen LogP contribution in [0.3, 0.4) is 0 Å². The summed E-state index contributed by atoms with van der Waals surface area (Å²) < 4.78 is 0. The van der Waals surface area contributed by atoms with Crippen LogP contribution in [0, 0.1) is 11.3 Å². The maximum Gasteiger partial charge on any atom is 0.000431 e. The summed E-state index contributed by atoms with van der Waals surface area (Å²) in [6.07, 6.45) is 15.6. The van der Waals surface area contributed by atoms with E-state index in [4.69, 9.17) is 0 Å². The van der Waals surface area contributed by atoms with Gasteiger partial charge in [0.15, 0.2) is 0 Å². The Hall–Kier alpha value is -0.690. The molecule has 1 aliphatic heterocycles. The highest BCUT2D eigenvalue weighted by Crippen LogP contribution is 2.53. The fourth-order valence-electron chi connectivity index (χ4n) is 4.97. The number of allylic oxidation sites excluding steroid dienone is 1. The monoisotopic (exact) mass is 312 g/mol. The number of fused-ring (bicyclic) bond motifs is 1. The zero-order valence-corrected chi connectivity index (χ0v) is 14.5. The van der Waals surface area contributed by atoms with Gasteiger partial charge in [-0.3, -0.25) is 0 Å². The molecule has 0 radical (unpaired) electrons. The quantitative estimate of drug-likeness (QED) is 0.603. The Morgan fingerprint density at radius 2 is 1.64 bits per heavy atom. The lowest BCUT2D eigenvalue weighted by atomic mass is 9.68. The van der Waals surface area contributed by atoms with Crippen molar-refractivity contribution in [1.82, 2.24) is 0 Å². The van der Waals surface area contributed by atoms with Crippen LogP contribution >= 0.6 is 11.8 Å². The summed E-state index contributed by atoms with van der Waals surface area (Å²) in [5.41, 5.74) is 5.44. The van der Waals surface area contributed by atoms with Crippen molar-refractivity contribution < 1.29 is 0 Å².